The summed E-state index contributed by atoms with van der Waals surface area (Å²) in [6.45, 7) is 0. The number of pyridine rings is 1. The van der Waals surface area contributed by atoms with Crippen LogP contribution in [0.5, 0.6) is 17.2 Å². The SMILES string of the molecule is COc1cc(C(=O)C(CCCc2ccc(Cl)nc2)C2CCCC2)cc(OC)c1OC. The predicted molar refractivity (Wildman–Crippen MR) is 118 cm³/mol. The van der Waals surface area contributed by atoms with Crippen LogP contribution in [0.1, 0.15) is 54.4 Å². The van der Waals surface area contributed by atoms with Crippen LogP contribution < -0.4 is 14.2 Å². The molecule has 0 amide bonds. The van der Waals surface area contributed by atoms with E-state index < -0.39 is 0 Å². The second-order valence-corrected chi connectivity index (χ2v) is 8.20. The third-order valence-electron chi connectivity index (χ3n) is 6.02. The summed E-state index contributed by atoms with van der Waals surface area (Å²) in [7, 11) is 4.70. The van der Waals surface area contributed by atoms with Gasteiger partial charge in [0.25, 0.3) is 0 Å². The Kier molecular flexibility index (Phi) is 7.97. The van der Waals surface area contributed by atoms with E-state index in [0.29, 0.717) is 33.9 Å². The second-order valence-electron chi connectivity index (χ2n) is 7.81. The molecule has 162 valence electrons. The van der Waals surface area contributed by atoms with Crippen LogP contribution in [0.15, 0.2) is 30.5 Å². The van der Waals surface area contributed by atoms with E-state index >= 15 is 0 Å². The van der Waals surface area contributed by atoms with E-state index in [2.05, 4.69) is 4.98 Å². The summed E-state index contributed by atoms with van der Waals surface area (Å²) in [5, 5.41) is 0.500. The number of ether oxygens (including phenoxy) is 3. The molecule has 1 saturated carbocycles. The van der Waals surface area contributed by atoms with E-state index in [-0.39, 0.29) is 11.7 Å². The van der Waals surface area contributed by atoms with Gasteiger partial charge in [-0.25, -0.2) is 4.98 Å². The molecule has 30 heavy (non-hydrogen) atoms. The lowest BCUT2D eigenvalue weighted by molar-refractivity contribution is 0.0860. The van der Waals surface area contributed by atoms with Crippen LogP contribution in [0.25, 0.3) is 0 Å². The average molecular weight is 432 g/mol. The van der Waals surface area contributed by atoms with Crippen LogP contribution in [0.4, 0.5) is 0 Å². The molecule has 1 heterocycles. The Labute approximate surface area is 183 Å². The molecule has 0 spiro atoms. The molecule has 3 rings (SSSR count). The van der Waals surface area contributed by atoms with Crippen molar-refractivity contribution in [3.05, 3.63) is 46.7 Å². The Hall–Kier alpha value is -2.27. The Balaban J connectivity index is 1.79. The summed E-state index contributed by atoms with van der Waals surface area (Å²) in [4.78, 5) is 17.7. The molecule has 1 aromatic carbocycles. The normalized spacial score (nSPS) is 15.1. The van der Waals surface area contributed by atoms with Crippen molar-refractivity contribution in [3.8, 4) is 17.2 Å². The molecule has 5 nitrogen and oxygen atoms in total. The first-order valence-corrected chi connectivity index (χ1v) is 10.9. The first kappa shape index (κ1) is 22.4. The van der Waals surface area contributed by atoms with E-state index in [1.54, 1.807) is 33.5 Å². The third kappa shape index (κ3) is 5.25. The zero-order valence-electron chi connectivity index (χ0n) is 17.9. The van der Waals surface area contributed by atoms with Gasteiger partial charge in [-0.1, -0.05) is 30.5 Å². The van der Waals surface area contributed by atoms with Crippen LogP contribution in [0.3, 0.4) is 0 Å². The molecule has 6 heteroatoms. The van der Waals surface area contributed by atoms with Crippen molar-refractivity contribution in [2.24, 2.45) is 11.8 Å². The molecule has 0 N–H and O–H groups in total. The molecule has 1 aromatic heterocycles. The van der Waals surface area contributed by atoms with Gasteiger partial charge in [-0.3, -0.25) is 4.79 Å². The van der Waals surface area contributed by atoms with Gasteiger partial charge in [-0.05, 0) is 61.8 Å². The number of rotatable bonds is 10. The molecule has 0 aliphatic heterocycles. The number of carbonyl (C=O) groups is 1. The zero-order chi connectivity index (χ0) is 21.5. The highest BCUT2D eigenvalue weighted by Crippen LogP contribution is 2.41. The van der Waals surface area contributed by atoms with Gasteiger partial charge in [-0.2, -0.15) is 0 Å². The van der Waals surface area contributed by atoms with Crippen molar-refractivity contribution in [2.45, 2.75) is 44.9 Å². The molecule has 0 radical (unpaired) electrons. The molecule has 0 saturated heterocycles. The number of halogens is 1. The van der Waals surface area contributed by atoms with Gasteiger partial charge in [-0.15, -0.1) is 0 Å². The first-order valence-electron chi connectivity index (χ1n) is 10.5. The van der Waals surface area contributed by atoms with E-state index in [1.807, 2.05) is 18.3 Å². The number of aryl methyl sites for hydroxylation is 1. The zero-order valence-corrected chi connectivity index (χ0v) is 18.7. The molecule has 1 aliphatic carbocycles. The van der Waals surface area contributed by atoms with Crippen molar-refractivity contribution in [1.29, 1.82) is 0 Å². The Morgan fingerprint density at radius 1 is 1.10 bits per heavy atom. The van der Waals surface area contributed by atoms with Crippen molar-refractivity contribution >= 4 is 17.4 Å². The molecule has 2 aromatic rings. The monoisotopic (exact) mass is 431 g/mol. The van der Waals surface area contributed by atoms with Crippen LogP contribution in [0, 0.1) is 11.8 Å². The summed E-state index contributed by atoms with van der Waals surface area (Å²) in [5.41, 5.74) is 1.76. The standard InChI is InChI=1S/C24H30ClNO4/c1-28-20-13-18(14-21(29-2)24(20)30-3)23(27)19(17-8-4-5-9-17)10-6-7-16-11-12-22(25)26-15-16/h11-15,17,19H,4-10H2,1-3H3. The quantitative estimate of drug-likeness (QED) is 0.353. The van der Waals surface area contributed by atoms with Crippen LogP contribution in [-0.2, 0) is 6.42 Å². The van der Waals surface area contributed by atoms with Crippen LogP contribution in [0.2, 0.25) is 5.15 Å². The number of benzene rings is 1. The predicted octanol–water partition coefficient (Wildman–Crippen LogP) is 5.77. The maximum absolute atomic E-state index is 13.6. The van der Waals surface area contributed by atoms with Crippen LogP contribution >= 0.6 is 11.6 Å². The van der Waals surface area contributed by atoms with Gasteiger partial charge in [0.15, 0.2) is 17.3 Å². The minimum Gasteiger partial charge on any atom is -0.493 e. The van der Waals surface area contributed by atoms with Gasteiger partial charge in [0.2, 0.25) is 5.75 Å². The fraction of sp³-hybridized carbons (Fsp3) is 0.500. The molecule has 1 fully saturated rings. The number of nitrogens with zero attached hydrogens (tertiary/aromatic N) is 1. The lowest BCUT2D eigenvalue weighted by atomic mass is 9.81. The topological polar surface area (TPSA) is 57.7 Å². The number of aromatic nitrogens is 1. The summed E-state index contributed by atoms with van der Waals surface area (Å²) in [6.07, 6.45) is 9.11. The Bertz CT molecular complexity index is 822. The molecule has 1 atom stereocenters. The summed E-state index contributed by atoms with van der Waals surface area (Å²) in [6, 6.07) is 7.36. The number of methoxy groups -OCH3 is 3. The summed E-state index contributed by atoms with van der Waals surface area (Å²) in [5.74, 6) is 2.12. The minimum atomic E-state index is -0.00411. The van der Waals surface area contributed by atoms with Crippen molar-refractivity contribution < 1.29 is 19.0 Å². The van der Waals surface area contributed by atoms with E-state index in [0.717, 1.165) is 37.7 Å². The maximum Gasteiger partial charge on any atom is 0.203 e. The van der Waals surface area contributed by atoms with Crippen molar-refractivity contribution in [1.82, 2.24) is 4.98 Å². The lowest BCUT2D eigenvalue weighted by Crippen LogP contribution is -2.23. The van der Waals surface area contributed by atoms with Gasteiger partial charge >= 0.3 is 0 Å². The fourth-order valence-electron chi connectivity index (χ4n) is 4.46. The maximum atomic E-state index is 13.6. The first-order chi connectivity index (χ1) is 14.6. The minimum absolute atomic E-state index is 0.00411. The van der Waals surface area contributed by atoms with Gasteiger partial charge < -0.3 is 14.2 Å². The molecular weight excluding hydrogens is 402 g/mol. The smallest absolute Gasteiger partial charge is 0.203 e. The third-order valence-corrected chi connectivity index (χ3v) is 6.25. The number of ketones is 1. The van der Waals surface area contributed by atoms with Crippen molar-refractivity contribution in [3.63, 3.8) is 0 Å². The summed E-state index contributed by atoms with van der Waals surface area (Å²) < 4.78 is 16.3. The second kappa shape index (κ2) is 10.7. The number of hydrogen-bond acceptors (Lipinski definition) is 5. The highest BCUT2D eigenvalue weighted by Gasteiger charge is 2.32. The molecule has 1 unspecified atom stereocenters. The highest BCUT2D eigenvalue weighted by atomic mass is 35.5. The van der Waals surface area contributed by atoms with E-state index in [4.69, 9.17) is 25.8 Å². The van der Waals surface area contributed by atoms with E-state index in [9.17, 15) is 4.79 Å². The molecule has 1 aliphatic rings. The molecular formula is C24H30ClNO4. The molecule has 0 bridgehead atoms. The Morgan fingerprint density at radius 3 is 2.30 bits per heavy atom. The van der Waals surface area contributed by atoms with Gasteiger partial charge in [0, 0.05) is 17.7 Å². The van der Waals surface area contributed by atoms with Gasteiger partial charge in [0.05, 0.1) is 21.3 Å². The van der Waals surface area contributed by atoms with Crippen LogP contribution in [-0.4, -0.2) is 32.1 Å². The summed E-state index contributed by atoms with van der Waals surface area (Å²) >= 11 is 5.88. The number of hydrogen-bond donors (Lipinski definition) is 0. The largest absolute Gasteiger partial charge is 0.493 e. The van der Waals surface area contributed by atoms with E-state index in [1.165, 1.54) is 12.8 Å². The average Bonchev–Trinajstić information content (AvgIpc) is 3.31. The lowest BCUT2D eigenvalue weighted by Gasteiger charge is -2.23. The highest BCUT2D eigenvalue weighted by molar-refractivity contribution is 6.29. The number of Topliss-reactive ketones (excluding diaryl/α,β-unsaturated/α-hetero) is 1. The van der Waals surface area contributed by atoms with Crippen molar-refractivity contribution in [2.75, 3.05) is 21.3 Å². The number of carbonyl (C=O) groups excluding carboxylic acids is 1. The van der Waals surface area contributed by atoms with Gasteiger partial charge in [0.1, 0.15) is 5.15 Å². The Morgan fingerprint density at radius 2 is 1.77 bits per heavy atom. The fourth-order valence-corrected chi connectivity index (χ4v) is 4.57.